The van der Waals surface area contributed by atoms with E-state index in [0.29, 0.717) is 12.2 Å². The van der Waals surface area contributed by atoms with Gasteiger partial charge in [0.25, 0.3) is 0 Å². The van der Waals surface area contributed by atoms with E-state index in [1.165, 1.54) is 22.3 Å². The maximum Gasteiger partial charge on any atom is 0.185 e. The van der Waals surface area contributed by atoms with Gasteiger partial charge in [0, 0.05) is 24.0 Å². The Hall–Kier alpha value is -0.880. The molecule has 0 spiro atoms. The lowest BCUT2D eigenvalue weighted by Crippen LogP contribution is -1.98. The quantitative estimate of drug-likeness (QED) is 0.751. The average Bonchev–Trinajstić information content (AvgIpc) is 3.36. The number of hydrogen-bond donors (Lipinski definition) is 0. The third-order valence-corrected chi connectivity index (χ3v) is 6.01. The molecule has 0 unspecified atom stereocenters. The molecule has 2 aromatic rings. The van der Waals surface area contributed by atoms with Crippen LogP contribution in [-0.4, -0.2) is 25.4 Å². The second-order valence-corrected chi connectivity index (χ2v) is 7.47. The first kappa shape index (κ1) is 13.8. The summed E-state index contributed by atoms with van der Waals surface area (Å²) in [6.45, 7) is 6.08. The topological polar surface area (TPSA) is 34.3 Å². The Morgan fingerprint density at radius 1 is 0.952 bits per heavy atom. The highest BCUT2D eigenvalue weighted by molar-refractivity contribution is 7.13. The predicted molar refractivity (Wildman–Crippen MR) is 85.1 cm³/mol. The molecule has 2 saturated heterocycles. The van der Waals surface area contributed by atoms with E-state index in [0.717, 1.165) is 36.2 Å². The predicted octanol–water partition coefficient (Wildman–Crippen LogP) is 4.10. The fraction of sp³-hybridized carbons (Fsp3) is 0.500. The third kappa shape index (κ3) is 3.01. The average molecular weight is 322 g/mol. The zero-order valence-electron chi connectivity index (χ0n) is 12.2. The van der Waals surface area contributed by atoms with Gasteiger partial charge in [-0.3, -0.25) is 0 Å². The molecule has 4 rings (SSSR count). The summed E-state index contributed by atoms with van der Waals surface area (Å²) in [6, 6.07) is 0. The number of epoxide rings is 2. The molecule has 0 bridgehead atoms. The van der Waals surface area contributed by atoms with E-state index in [1.807, 2.05) is 0 Å². The molecule has 2 aliphatic rings. The first-order valence-corrected chi connectivity index (χ1v) is 9.01. The molecule has 3 nitrogen and oxygen atoms in total. The van der Waals surface area contributed by atoms with Crippen molar-refractivity contribution in [2.45, 2.75) is 38.9 Å². The lowest BCUT2D eigenvalue weighted by molar-refractivity contribution is 0.401. The van der Waals surface area contributed by atoms with Crippen molar-refractivity contribution < 1.29 is 14.2 Å². The largest absolute Gasteiger partial charge is 0.435 e. The Bertz CT molecular complexity index is 594. The van der Waals surface area contributed by atoms with E-state index < -0.39 is 0 Å². The zero-order chi connectivity index (χ0) is 14.4. The highest BCUT2D eigenvalue weighted by atomic mass is 32.1. The molecule has 0 radical (unpaired) electrons. The van der Waals surface area contributed by atoms with Crippen LogP contribution >= 0.6 is 22.7 Å². The van der Waals surface area contributed by atoms with Crippen LogP contribution in [0.1, 0.15) is 22.3 Å². The Labute approximate surface area is 132 Å². The lowest BCUT2D eigenvalue weighted by Gasteiger charge is -2.08. The molecule has 5 heteroatoms. The maximum atomic E-state index is 6.27. The van der Waals surface area contributed by atoms with E-state index in [-0.39, 0.29) is 0 Å². The molecule has 2 aromatic heterocycles. The van der Waals surface area contributed by atoms with Crippen LogP contribution < -0.4 is 4.74 Å². The van der Waals surface area contributed by atoms with Gasteiger partial charge in [0.05, 0.1) is 25.4 Å². The van der Waals surface area contributed by atoms with Crippen molar-refractivity contribution in [2.75, 3.05) is 13.2 Å². The van der Waals surface area contributed by atoms with Crippen molar-refractivity contribution in [3.8, 4) is 10.1 Å². The Morgan fingerprint density at radius 3 is 1.76 bits per heavy atom. The maximum absolute atomic E-state index is 6.27. The minimum Gasteiger partial charge on any atom is -0.435 e. The molecular weight excluding hydrogens is 304 g/mol. The van der Waals surface area contributed by atoms with Crippen molar-refractivity contribution in [1.82, 2.24) is 0 Å². The van der Waals surface area contributed by atoms with Gasteiger partial charge >= 0.3 is 0 Å². The Kier molecular flexibility index (Phi) is 3.53. The second-order valence-electron chi connectivity index (χ2n) is 5.79. The molecular formula is C16H18O3S2. The number of aryl methyl sites for hydroxylation is 2. The van der Waals surface area contributed by atoms with Crippen LogP contribution in [0.15, 0.2) is 10.8 Å². The first-order valence-electron chi connectivity index (χ1n) is 7.25. The van der Waals surface area contributed by atoms with Gasteiger partial charge in [-0.25, -0.2) is 0 Å². The summed E-state index contributed by atoms with van der Waals surface area (Å²) in [6.07, 6.45) is 2.72. The first-order chi connectivity index (χ1) is 10.2. The minimum atomic E-state index is 0.394. The zero-order valence-corrected chi connectivity index (χ0v) is 13.8. The molecule has 2 atom stereocenters. The van der Waals surface area contributed by atoms with E-state index in [9.17, 15) is 0 Å². The number of thiophene rings is 2. The summed E-state index contributed by atoms with van der Waals surface area (Å²) in [7, 11) is 0. The summed E-state index contributed by atoms with van der Waals surface area (Å²) < 4.78 is 17.0. The smallest absolute Gasteiger partial charge is 0.185 e. The number of rotatable bonds is 6. The van der Waals surface area contributed by atoms with Gasteiger partial charge in [0.15, 0.2) is 10.1 Å². The normalized spacial score (nSPS) is 23.3. The van der Waals surface area contributed by atoms with E-state index in [2.05, 4.69) is 24.6 Å². The highest BCUT2D eigenvalue weighted by Crippen LogP contribution is 2.41. The summed E-state index contributed by atoms with van der Waals surface area (Å²) in [5.74, 6) is 0. The van der Waals surface area contributed by atoms with Crippen LogP contribution in [0.4, 0.5) is 0 Å². The molecule has 0 aromatic carbocycles. The molecule has 0 N–H and O–H groups in total. The fourth-order valence-electron chi connectivity index (χ4n) is 2.46. The van der Waals surface area contributed by atoms with Crippen LogP contribution in [0.3, 0.4) is 0 Å². The fourth-order valence-corrected chi connectivity index (χ4v) is 4.40. The molecule has 2 fully saturated rings. The monoisotopic (exact) mass is 322 g/mol. The Morgan fingerprint density at radius 2 is 1.38 bits per heavy atom. The van der Waals surface area contributed by atoms with Crippen molar-refractivity contribution in [2.24, 2.45) is 0 Å². The highest BCUT2D eigenvalue weighted by Gasteiger charge is 2.28. The molecule has 21 heavy (non-hydrogen) atoms. The summed E-state index contributed by atoms with van der Waals surface area (Å²) >= 11 is 3.38. The van der Waals surface area contributed by atoms with E-state index in [1.54, 1.807) is 22.7 Å². The van der Waals surface area contributed by atoms with Gasteiger partial charge in [0.1, 0.15) is 0 Å². The molecule has 0 aliphatic carbocycles. The van der Waals surface area contributed by atoms with Crippen LogP contribution in [0, 0.1) is 13.8 Å². The molecule has 4 heterocycles. The van der Waals surface area contributed by atoms with Gasteiger partial charge in [-0.1, -0.05) is 0 Å². The van der Waals surface area contributed by atoms with Gasteiger partial charge in [-0.05, 0) is 35.7 Å². The minimum absolute atomic E-state index is 0.394. The van der Waals surface area contributed by atoms with Crippen LogP contribution in [0.5, 0.6) is 10.1 Å². The SMILES string of the molecule is Cc1csc(Oc2scc(C)c2C[C@H]2CO2)c1C[C@H]1CO1. The van der Waals surface area contributed by atoms with Crippen LogP contribution in [0.2, 0.25) is 0 Å². The van der Waals surface area contributed by atoms with E-state index >= 15 is 0 Å². The van der Waals surface area contributed by atoms with Crippen molar-refractivity contribution >= 4 is 22.7 Å². The lowest BCUT2D eigenvalue weighted by atomic mass is 10.1. The third-order valence-electron chi connectivity index (χ3n) is 3.98. The molecule has 0 amide bonds. The van der Waals surface area contributed by atoms with E-state index in [4.69, 9.17) is 14.2 Å². The molecule has 2 aliphatic heterocycles. The van der Waals surface area contributed by atoms with Gasteiger partial charge in [0.2, 0.25) is 0 Å². The van der Waals surface area contributed by atoms with Crippen molar-refractivity contribution in [3.63, 3.8) is 0 Å². The summed E-state index contributed by atoms with van der Waals surface area (Å²) in [4.78, 5) is 0. The summed E-state index contributed by atoms with van der Waals surface area (Å²) in [5.41, 5.74) is 5.24. The Balaban J connectivity index is 1.57. The van der Waals surface area contributed by atoms with Crippen LogP contribution in [-0.2, 0) is 22.3 Å². The van der Waals surface area contributed by atoms with Gasteiger partial charge in [-0.2, -0.15) is 0 Å². The number of hydrogen-bond acceptors (Lipinski definition) is 5. The van der Waals surface area contributed by atoms with Crippen molar-refractivity contribution in [1.29, 1.82) is 0 Å². The van der Waals surface area contributed by atoms with Gasteiger partial charge in [-0.15, -0.1) is 22.7 Å². The summed E-state index contributed by atoms with van der Waals surface area (Å²) in [5, 5.41) is 6.42. The van der Waals surface area contributed by atoms with Gasteiger partial charge < -0.3 is 14.2 Å². The number of ether oxygens (including phenoxy) is 3. The van der Waals surface area contributed by atoms with Crippen molar-refractivity contribution in [3.05, 3.63) is 33.0 Å². The second kappa shape index (κ2) is 5.39. The standard InChI is InChI=1S/C16H18O3S2/c1-9-7-20-15(13(9)3-11-5-17-11)19-16-14(4-12-6-18-12)10(2)8-21-16/h7-8,11-12H,3-6H2,1-2H3/t11-,12-/m0/s1. The molecule has 0 saturated carbocycles. The van der Waals surface area contributed by atoms with Crippen LogP contribution in [0.25, 0.3) is 0 Å². The molecule has 112 valence electrons.